The topological polar surface area (TPSA) is 164 Å². The van der Waals surface area contributed by atoms with Crippen LogP contribution in [0, 0.1) is 10.1 Å². The lowest BCUT2D eigenvalue weighted by Crippen LogP contribution is -3.00. The van der Waals surface area contributed by atoms with Gasteiger partial charge in [0.1, 0.15) is 25.0 Å². The summed E-state index contributed by atoms with van der Waals surface area (Å²) in [5.74, 6) is 0.135. The molecule has 0 aliphatic rings. The third-order valence-electron chi connectivity index (χ3n) is 4.01. The van der Waals surface area contributed by atoms with Crippen molar-refractivity contribution in [3.05, 3.63) is 64.2 Å². The minimum Gasteiger partial charge on any atom is -1.00 e. The van der Waals surface area contributed by atoms with Crippen LogP contribution in [0.2, 0.25) is 0 Å². The molecule has 11 nitrogen and oxygen atoms in total. The summed E-state index contributed by atoms with van der Waals surface area (Å²) in [4.78, 5) is 22.2. The second-order valence-electron chi connectivity index (χ2n) is 6.74. The molecule has 32 heavy (non-hydrogen) atoms. The summed E-state index contributed by atoms with van der Waals surface area (Å²) in [6, 6.07) is 11.6. The Balaban J connectivity index is 0.00000512. The summed E-state index contributed by atoms with van der Waals surface area (Å²) in [6.45, 7) is 1.30. The number of quaternary nitrogens is 1. The van der Waals surface area contributed by atoms with E-state index in [0.717, 1.165) is 6.26 Å². The molecule has 1 amide bonds. The van der Waals surface area contributed by atoms with E-state index in [0.29, 0.717) is 36.6 Å². The van der Waals surface area contributed by atoms with Crippen molar-refractivity contribution >= 4 is 27.3 Å². The number of nitro benzene ring substituents is 1. The van der Waals surface area contributed by atoms with Crippen molar-refractivity contribution in [3.63, 3.8) is 0 Å². The Morgan fingerprint density at radius 3 is 2.38 bits per heavy atom. The van der Waals surface area contributed by atoms with Gasteiger partial charge in [-0.2, -0.15) is 0 Å². The number of halogens is 1. The standard InChI is InChI=1S/C19H24N4O7S.ClH/c1-31(28,29)22-15-4-2-14(3-5-15)19(25)21-11-10-20-12-17(24)13-30-18-8-6-16(7-9-18)23(26)27;/h2-9,17,20,22,24H,10-13H2,1H3,(H,21,25);1H. The molecule has 13 heteroatoms. The van der Waals surface area contributed by atoms with E-state index in [9.17, 15) is 28.4 Å². The third kappa shape index (κ3) is 9.92. The van der Waals surface area contributed by atoms with Crippen LogP contribution in [0.4, 0.5) is 11.4 Å². The highest BCUT2D eigenvalue weighted by Crippen LogP contribution is 2.17. The lowest BCUT2D eigenvalue weighted by molar-refractivity contribution is -0.659. The minimum absolute atomic E-state index is 0. The maximum atomic E-state index is 12.1. The molecule has 5 N–H and O–H groups in total. The van der Waals surface area contributed by atoms with Gasteiger partial charge in [-0.1, -0.05) is 0 Å². The lowest BCUT2D eigenvalue weighted by Gasteiger charge is -2.11. The van der Waals surface area contributed by atoms with Crippen molar-refractivity contribution in [1.82, 2.24) is 5.32 Å². The van der Waals surface area contributed by atoms with Crippen molar-refractivity contribution in [3.8, 4) is 5.75 Å². The maximum absolute atomic E-state index is 12.1. The van der Waals surface area contributed by atoms with E-state index in [1.807, 2.05) is 5.32 Å². The molecule has 2 aromatic rings. The van der Waals surface area contributed by atoms with Gasteiger partial charge in [0.2, 0.25) is 10.0 Å². The van der Waals surface area contributed by atoms with Crippen molar-refractivity contribution in [2.45, 2.75) is 6.10 Å². The molecular weight excluding hydrogens is 464 g/mol. The molecule has 0 bridgehead atoms. The summed E-state index contributed by atoms with van der Waals surface area (Å²) < 4.78 is 30.1. The number of carbonyl (C=O) groups is 1. The van der Waals surface area contributed by atoms with Crippen molar-refractivity contribution in [2.75, 3.05) is 37.2 Å². The second-order valence-corrected chi connectivity index (χ2v) is 8.48. The number of rotatable bonds is 12. The number of benzene rings is 2. The molecule has 176 valence electrons. The zero-order valence-electron chi connectivity index (χ0n) is 17.2. The smallest absolute Gasteiger partial charge is 0.269 e. The highest BCUT2D eigenvalue weighted by atomic mass is 35.5. The molecule has 1 atom stereocenters. The van der Waals surface area contributed by atoms with Crippen LogP contribution in [0.15, 0.2) is 48.5 Å². The lowest BCUT2D eigenvalue weighted by atomic mass is 10.2. The zero-order valence-corrected chi connectivity index (χ0v) is 18.8. The summed E-state index contributed by atoms with van der Waals surface area (Å²) in [7, 11) is -3.37. The SMILES string of the molecule is CS(=O)(=O)Nc1ccc(C(=O)NCC[NH2+]CC(O)COc2ccc([N+](=O)[O-])cc2)cc1.[Cl-]. The molecular formula is C19H25ClN4O7S. The average Bonchev–Trinajstić information content (AvgIpc) is 2.71. The van der Waals surface area contributed by atoms with E-state index in [1.165, 1.54) is 48.5 Å². The molecule has 0 aliphatic carbocycles. The number of aliphatic hydroxyl groups is 1. The summed E-state index contributed by atoms with van der Waals surface area (Å²) in [6.07, 6.45) is 0.295. The molecule has 0 spiro atoms. The quantitative estimate of drug-likeness (QED) is 0.138. The Morgan fingerprint density at radius 2 is 1.81 bits per heavy atom. The number of hydrogen-bond acceptors (Lipinski definition) is 7. The van der Waals surface area contributed by atoms with Crippen LogP contribution >= 0.6 is 0 Å². The van der Waals surface area contributed by atoms with Crippen molar-refractivity contribution in [1.29, 1.82) is 0 Å². The fourth-order valence-corrected chi connectivity index (χ4v) is 3.09. The number of ether oxygens (including phenoxy) is 1. The van der Waals surface area contributed by atoms with Gasteiger partial charge >= 0.3 is 0 Å². The number of hydrogen-bond donors (Lipinski definition) is 4. The summed E-state index contributed by atoms with van der Waals surface area (Å²) in [5.41, 5.74) is 0.734. The third-order valence-corrected chi connectivity index (χ3v) is 4.62. The van der Waals surface area contributed by atoms with Gasteiger partial charge in [-0.3, -0.25) is 19.6 Å². The first kappa shape index (κ1) is 27.1. The van der Waals surface area contributed by atoms with Crippen LogP contribution in [0.1, 0.15) is 10.4 Å². The first-order chi connectivity index (χ1) is 14.6. The van der Waals surface area contributed by atoms with Crippen LogP contribution in [0.25, 0.3) is 0 Å². The molecule has 0 aromatic heterocycles. The number of non-ortho nitro benzene ring substituents is 1. The van der Waals surface area contributed by atoms with Gasteiger partial charge in [-0.25, -0.2) is 8.42 Å². The van der Waals surface area contributed by atoms with Crippen LogP contribution in [0.3, 0.4) is 0 Å². The molecule has 0 saturated heterocycles. The monoisotopic (exact) mass is 488 g/mol. The highest BCUT2D eigenvalue weighted by molar-refractivity contribution is 7.92. The fourth-order valence-electron chi connectivity index (χ4n) is 2.53. The maximum Gasteiger partial charge on any atom is 0.269 e. The number of aliphatic hydroxyl groups excluding tert-OH is 1. The van der Waals surface area contributed by atoms with Crippen molar-refractivity contribution < 1.29 is 45.7 Å². The van der Waals surface area contributed by atoms with E-state index in [4.69, 9.17) is 4.74 Å². The molecule has 0 saturated carbocycles. The number of nitrogens with two attached hydrogens (primary N) is 1. The summed E-state index contributed by atoms with van der Waals surface area (Å²) >= 11 is 0. The van der Waals surface area contributed by atoms with Crippen LogP contribution in [0.5, 0.6) is 5.75 Å². The highest BCUT2D eigenvalue weighted by Gasteiger charge is 2.10. The van der Waals surface area contributed by atoms with E-state index >= 15 is 0 Å². The number of nitrogens with zero attached hydrogens (tertiary/aromatic N) is 1. The Labute approximate surface area is 191 Å². The Hall–Kier alpha value is -2.93. The number of carbonyl (C=O) groups excluding carboxylic acids is 1. The predicted molar refractivity (Wildman–Crippen MR) is 113 cm³/mol. The molecule has 2 rings (SSSR count). The Bertz CT molecular complexity index is 986. The van der Waals surface area contributed by atoms with Gasteiger partial charge in [-0.15, -0.1) is 0 Å². The molecule has 0 heterocycles. The number of nitro groups is 1. The van der Waals surface area contributed by atoms with Gasteiger partial charge < -0.3 is 32.9 Å². The Kier molecular flexibility index (Phi) is 10.9. The zero-order chi connectivity index (χ0) is 22.9. The first-order valence-corrected chi connectivity index (χ1v) is 11.3. The molecule has 0 fully saturated rings. The fraction of sp³-hybridized carbons (Fsp3) is 0.316. The normalized spacial score (nSPS) is 11.7. The van der Waals surface area contributed by atoms with E-state index in [2.05, 4.69) is 10.0 Å². The van der Waals surface area contributed by atoms with E-state index < -0.39 is 21.1 Å². The number of amides is 1. The van der Waals surface area contributed by atoms with Gasteiger partial charge in [0.05, 0.1) is 24.3 Å². The van der Waals surface area contributed by atoms with E-state index in [-0.39, 0.29) is 30.6 Å². The minimum atomic E-state index is -3.37. The van der Waals surface area contributed by atoms with Crippen molar-refractivity contribution in [2.24, 2.45) is 0 Å². The first-order valence-electron chi connectivity index (χ1n) is 9.37. The largest absolute Gasteiger partial charge is 1.00 e. The van der Waals surface area contributed by atoms with Crippen LogP contribution in [-0.4, -0.2) is 63.0 Å². The Morgan fingerprint density at radius 1 is 1.19 bits per heavy atom. The van der Waals surface area contributed by atoms with E-state index in [1.54, 1.807) is 0 Å². The van der Waals surface area contributed by atoms with Gasteiger partial charge in [0.15, 0.2) is 0 Å². The molecule has 0 aliphatic heterocycles. The predicted octanol–water partition coefficient (Wildman–Crippen LogP) is -3.30. The van der Waals surface area contributed by atoms with Crippen LogP contribution in [-0.2, 0) is 10.0 Å². The average molecular weight is 489 g/mol. The number of sulfonamides is 1. The number of nitrogens with one attached hydrogen (secondary N) is 2. The van der Waals surface area contributed by atoms with Gasteiger partial charge in [-0.05, 0) is 36.4 Å². The molecule has 1 unspecified atom stereocenters. The number of anilines is 1. The van der Waals surface area contributed by atoms with Gasteiger partial charge in [0.25, 0.3) is 11.6 Å². The van der Waals surface area contributed by atoms with Crippen LogP contribution < -0.4 is 32.5 Å². The van der Waals surface area contributed by atoms with Gasteiger partial charge in [0, 0.05) is 23.4 Å². The molecule has 0 radical (unpaired) electrons. The second kappa shape index (κ2) is 12.8. The summed E-state index contributed by atoms with van der Waals surface area (Å²) in [5, 5.41) is 25.1. The molecule has 2 aromatic carbocycles.